The predicted molar refractivity (Wildman–Crippen MR) is 137 cm³/mol. The number of morpholine rings is 1. The summed E-state index contributed by atoms with van der Waals surface area (Å²) in [6.45, 7) is 12.5. The molecule has 3 rings (SSSR count). The maximum absolute atomic E-state index is 5.64. The van der Waals surface area contributed by atoms with Gasteiger partial charge in [0.2, 0.25) is 0 Å². The Morgan fingerprint density at radius 1 is 1.40 bits per heavy atom. The van der Waals surface area contributed by atoms with Gasteiger partial charge in [0.1, 0.15) is 5.82 Å². The summed E-state index contributed by atoms with van der Waals surface area (Å²) >= 11 is 1.86. The largest absolute Gasteiger partial charge is 0.375 e. The zero-order chi connectivity index (χ0) is 20.6. The minimum atomic E-state index is 0. The number of nitrogens with one attached hydrogen (secondary N) is 2. The van der Waals surface area contributed by atoms with Gasteiger partial charge in [-0.05, 0) is 57.5 Å². The molecule has 30 heavy (non-hydrogen) atoms. The molecule has 0 aliphatic carbocycles. The van der Waals surface area contributed by atoms with E-state index in [1.165, 1.54) is 9.75 Å². The highest BCUT2D eigenvalue weighted by Crippen LogP contribution is 2.18. The Hall–Kier alpha value is -1.39. The van der Waals surface area contributed by atoms with E-state index >= 15 is 0 Å². The molecule has 2 aromatic heterocycles. The highest BCUT2D eigenvalue weighted by Gasteiger charge is 2.18. The van der Waals surface area contributed by atoms with E-state index in [1.54, 1.807) is 0 Å². The molecule has 166 valence electrons. The fourth-order valence-electron chi connectivity index (χ4n) is 3.43. The molecular formula is C22H34IN5OS. The van der Waals surface area contributed by atoms with Crippen LogP contribution in [0.3, 0.4) is 0 Å². The molecule has 6 nitrogen and oxygen atoms in total. The fraction of sp³-hybridized carbons (Fsp3) is 0.545. The van der Waals surface area contributed by atoms with Crippen molar-refractivity contribution in [1.29, 1.82) is 0 Å². The van der Waals surface area contributed by atoms with E-state index in [2.05, 4.69) is 66.4 Å². The molecule has 0 aromatic carbocycles. The van der Waals surface area contributed by atoms with Crippen LogP contribution >= 0.6 is 35.3 Å². The number of halogens is 1. The van der Waals surface area contributed by atoms with Gasteiger partial charge in [-0.1, -0.05) is 0 Å². The van der Waals surface area contributed by atoms with Gasteiger partial charge in [0.25, 0.3) is 0 Å². The van der Waals surface area contributed by atoms with Crippen molar-refractivity contribution in [3.8, 4) is 0 Å². The van der Waals surface area contributed by atoms with Crippen molar-refractivity contribution in [3.05, 3.63) is 45.8 Å². The first-order valence-electron chi connectivity index (χ1n) is 10.4. The van der Waals surface area contributed by atoms with Crippen LogP contribution in [0.4, 0.5) is 5.82 Å². The molecule has 2 N–H and O–H groups in total. The van der Waals surface area contributed by atoms with Gasteiger partial charge in [0.15, 0.2) is 5.96 Å². The number of hydrogen-bond donors (Lipinski definition) is 2. The number of anilines is 1. The third-order valence-corrected chi connectivity index (χ3v) is 5.85. The number of pyridine rings is 1. The van der Waals surface area contributed by atoms with E-state index in [0.717, 1.165) is 50.0 Å². The molecule has 0 amide bonds. The smallest absolute Gasteiger partial charge is 0.191 e. The quantitative estimate of drug-likeness (QED) is 0.315. The molecule has 2 unspecified atom stereocenters. The number of nitrogens with zero attached hydrogens (tertiary/aromatic N) is 3. The Bertz CT molecular complexity index is 812. The number of guanidine groups is 1. The summed E-state index contributed by atoms with van der Waals surface area (Å²) in [6.07, 6.45) is 3.12. The van der Waals surface area contributed by atoms with Crippen LogP contribution < -0.4 is 15.5 Å². The van der Waals surface area contributed by atoms with E-state index in [9.17, 15) is 0 Å². The lowest BCUT2D eigenvalue weighted by Gasteiger charge is -2.32. The second kappa shape index (κ2) is 12.5. The Labute approximate surface area is 201 Å². The molecule has 1 aliphatic rings. The maximum Gasteiger partial charge on any atom is 0.191 e. The van der Waals surface area contributed by atoms with Crippen LogP contribution in [0.5, 0.6) is 0 Å². The average Bonchev–Trinajstić information content (AvgIpc) is 3.11. The van der Waals surface area contributed by atoms with Crippen LogP contribution in [0.1, 0.15) is 36.1 Å². The van der Waals surface area contributed by atoms with Crippen molar-refractivity contribution in [3.63, 3.8) is 0 Å². The second-order valence-electron chi connectivity index (χ2n) is 7.61. The summed E-state index contributed by atoms with van der Waals surface area (Å²) < 4.78 is 5.64. The Morgan fingerprint density at radius 3 is 2.93 bits per heavy atom. The summed E-state index contributed by atoms with van der Waals surface area (Å²) in [5.41, 5.74) is 1.16. The van der Waals surface area contributed by atoms with Crippen LogP contribution in [-0.4, -0.2) is 49.3 Å². The topological polar surface area (TPSA) is 61.8 Å². The number of rotatable bonds is 7. The van der Waals surface area contributed by atoms with Gasteiger partial charge in [0, 0.05) is 48.0 Å². The number of ether oxygens (including phenoxy) is 1. The highest BCUT2D eigenvalue weighted by atomic mass is 127. The Kier molecular flexibility index (Phi) is 10.3. The molecule has 2 atom stereocenters. The molecule has 0 saturated carbocycles. The lowest BCUT2D eigenvalue weighted by molar-refractivity contribution is 0.0529. The Balaban J connectivity index is 0.00000320. The number of aliphatic imine (C=N–C) groups is 1. The van der Waals surface area contributed by atoms with Gasteiger partial charge in [-0.15, -0.1) is 35.3 Å². The number of hydrogen-bond acceptors (Lipinski definition) is 5. The number of aromatic nitrogens is 1. The standard InChI is InChI=1S/C22H33N5OS.HI/c1-5-23-22(26-16(2)12-20-7-6-18(4)29-20)25-14-19-8-9-24-21(13-19)27-10-11-28-17(3)15-27;/h6-9,13,16-17H,5,10-12,14-15H2,1-4H3,(H2,23,25,26);1H. The first-order chi connectivity index (χ1) is 14.0. The van der Waals surface area contributed by atoms with Gasteiger partial charge in [0.05, 0.1) is 19.3 Å². The van der Waals surface area contributed by atoms with Crippen molar-refractivity contribution >= 4 is 47.1 Å². The summed E-state index contributed by atoms with van der Waals surface area (Å²) in [7, 11) is 0. The molecule has 2 aromatic rings. The lowest BCUT2D eigenvalue weighted by atomic mass is 10.2. The average molecular weight is 544 g/mol. The van der Waals surface area contributed by atoms with Gasteiger partial charge in [-0.3, -0.25) is 0 Å². The van der Waals surface area contributed by atoms with Gasteiger partial charge in [-0.2, -0.15) is 0 Å². The molecule has 0 radical (unpaired) electrons. The SMILES string of the molecule is CCNC(=NCc1ccnc(N2CCOC(C)C2)c1)NC(C)Cc1ccc(C)s1.I. The van der Waals surface area contributed by atoms with Gasteiger partial charge < -0.3 is 20.3 Å². The number of thiophene rings is 1. The second-order valence-corrected chi connectivity index (χ2v) is 8.98. The first-order valence-corrected chi connectivity index (χ1v) is 11.3. The monoisotopic (exact) mass is 543 g/mol. The molecule has 8 heteroatoms. The lowest BCUT2D eigenvalue weighted by Crippen LogP contribution is -2.43. The van der Waals surface area contributed by atoms with Gasteiger partial charge >= 0.3 is 0 Å². The molecule has 0 spiro atoms. The van der Waals surface area contributed by atoms with Gasteiger partial charge in [-0.25, -0.2) is 9.98 Å². The van der Waals surface area contributed by atoms with E-state index < -0.39 is 0 Å². The molecular weight excluding hydrogens is 509 g/mol. The van der Waals surface area contributed by atoms with Crippen molar-refractivity contribution in [2.24, 2.45) is 4.99 Å². The Morgan fingerprint density at radius 2 is 2.23 bits per heavy atom. The number of aryl methyl sites for hydroxylation is 1. The summed E-state index contributed by atoms with van der Waals surface area (Å²) in [5.74, 6) is 1.86. The highest BCUT2D eigenvalue weighted by molar-refractivity contribution is 14.0. The minimum Gasteiger partial charge on any atom is -0.375 e. The van der Waals surface area contributed by atoms with E-state index in [1.807, 2.05) is 23.6 Å². The van der Waals surface area contributed by atoms with Crippen LogP contribution in [0, 0.1) is 6.92 Å². The van der Waals surface area contributed by atoms with Crippen LogP contribution in [0.15, 0.2) is 35.5 Å². The third kappa shape index (κ3) is 7.70. The maximum atomic E-state index is 5.64. The zero-order valence-electron chi connectivity index (χ0n) is 18.4. The minimum absolute atomic E-state index is 0. The van der Waals surface area contributed by atoms with Crippen LogP contribution in [-0.2, 0) is 17.7 Å². The predicted octanol–water partition coefficient (Wildman–Crippen LogP) is 3.98. The normalized spacial score (nSPS) is 17.9. The van der Waals surface area contributed by atoms with Crippen molar-refractivity contribution < 1.29 is 4.74 Å². The van der Waals surface area contributed by atoms with E-state index in [4.69, 9.17) is 9.73 Å². The molecule has 3 heterocycles. The zero-order valence-corrected chi connectivity index (χ0v) is 21.5. The summed E-state index contributed by atoms with van der Waals surface area (Å²) in [4.78, 5) is 14.4. The molecule has 1 saturated heterocycles. The van der Waals surface area contributed by atoms with E-state index in [0.29, 0.717) is 12.6 Å². The third-order valence-electron chi connectivity index (χ3n) is 4.83. The summed E-state index contributed by atoms with van der Waals surface area (Å²) in [5, 5.41) is 6.89. The van der Waals surface area contributed by atoms with E-state index in [-0.39, 0.29) is 30.1 Å². The molecule has 1 fully saturated rings. The van der Waals surface area contributed by atoms with Crippen molar-refractivity contribution in [2.45, 2.75) is 52.8 Å². The molecule has 0 bridgehead atoms. The van der Waals surface area contributed by atoms with Crippen molar-refractivity contribution in [2.75, 3.05) is 31.1 Å². The fourth-order valence-corrected chi connectivity index (χ4v) is 4.45. The van der Waals surface area contributed by atoms with Crippen LogP contribution in [0.2, 0.25) is 0 Å². The first kappa shape index (κ1) is 24.9. The molecule has 1 aliphatic heterocycles. The summed E-state index contributed by atoms with van der Waals surface area (Å²) in [6, 6.07) is 8.89. The van der Waals surface area contributed by atoms with Crippen molar-refractivity contribution in [1.82, 2.24) is 15.6 Å². The van der Waals surface area contributed by atoms with Crippen LogP contribution in [0.25, 0.3) is 0 Å².